The Morgan fingerprint density at radius 1 is 1.25 bits per heavy atom. The number of thiazole rings is 1. The summed E-state index contributed by atoms with van der Waals surface area (Å²) in [6, 6.07) is 0.733. The Labute approximate surface area is 126 Å². The van der Waals surface area contributed by atoms with E-state index in [1.54, 1.807) is 0 Å². The van der Waals surface area contributed by atoms with Crippen LogP contribution in [0.2, 0.25) is 0 Å². The van der Waals surface area contributed by atoms with E-state index in [1.165, 1.54) is 47.8 Å². The van der Waals surface area contributed by atoms with E-state index in [2.05, 4.69) is 38.0 Å². The van der Waals surface area contributed by atoms with Crippen LogP contribution in [0.3, 0.4) is 0 Å². The first-order valence-corrected chi connectivity index (χ1v) is 8.73. The molecule has 0 amide bonds. The highest BCUT2D eigenvalue weighted by Gasteiger charge is 2.32. The summed E-state index contributed by atoms with van der Waals surface area (Å²) in [5.41, 5.74) is 1.55. The van der Waals surface area contributed by atoms with Gasteiger partial charge in [-0.05, 0) is 52.9 Å². The molecule has 2 fully saturated rings. The summed E-state index contributed by atoms with van der Waals surface area (Å²) < 4.78 is 0. The van der Waals surface area contributed by atoms with Crippen LogP contribution in [0.4, 0.5) is 5.13 Å². The number of nitrogens with zero attached hydrogens (tertiary/aromatic N) is 2. The average molecular weight is 293 g/mol. The van der Waals surface area contributed by atoms with Crippen molar-refractivity contribution in [2.45, 2.75) is 76.9 Å². The molecule has 1 aromatic rings. The van der Waals surface area contributed by atoms with E-state index >= 15 is 0 Å². The molecule has 1 N–H and O–H groups in total. The third-order valence-electron chi connectivity index (χ3n) is 4.38. The second-order valence-corrected chi connectivity index (χ2v) is 8.44. The Morgan fingerprint density at radius 3 is 2.45 bits per heavy atom. The standard InChI is InChI=1S/C16H27N3S/c1-16(2,3)17-10-13-14(11-8-9-11)18-15(20-13)19(4)12-6-5-7-12/h11-12,17H,5-10H2,1-4H3. The van der Waals surface area contributed by atoms with Gasteiger partial charge in [-0.25, -0.2) is 4.98 Å². The van der Waals surface area contributed by atoms with E-state index in [4.69, 9.17) is 4.98 Å². The number of anilines is 1. The maximum Gasteiger partial charge on any atom is 0.185 e. The monoisotopic (exact) mass is 293 g/mol. The number of aromatic nitrogens is 1. The maximum absolute atomic E-state index is 4.98. The van der Waals surface area contributed by atoms with Crippen LogP contribution in [-0.2, 0) is 6.54 Å². The van der Waals surface area contributed by atoms with Gasteiger partial charge >= 0.3 is 0 Å². The largest absolute Gasteiger partial charge is 0.348 e. The topological polar surface area (TPSA) is 28.2 Å². The summed E-state index contributed by atoms with van der Waals surface area (Å²) in [5, 5.41) is 4.86. The summed E-state index contributed by atoms with van der Waals surface area (Å²) in [5.74, 6) is 0.742. The van der Waals surface area contributed by atoms with Gasteiger partial charge in [-0.3, -0.25) is 0 Å². The van der Waals surface area contributed by atoms with Crippen LogP contribution in [0.25, 0.3) is 0 Å². The fraction of sp³-hybridized carbons (Fsp3) is 0.812. The molecule has 4 heteroatoms. The lowest BCUT2D eigenvalue weighted by Gasteiger charge is -2.34. The SMILES string of the molecule is CN(c1nc(C2CC2)c(CNC(C)(C)C)s1)C1CCC1. The molecule has 0 aromatic carbocycles. The maximum atomic E-state index is 4.98. The highest BCUT2D eigenvalue weighted by molar-refractivity contribution is 7.15. The quantitative estimate of drug-likeness (QED) is 0.892. The van der Waals surface area contributed by atoms with Gasteiger partial charge in [0.05, 0.1) is 5.69 Å². The minimum absolute atomic E-state index is 0.171. The lowest BCUT2D eigenvalue weighted by molar-refractivity contribution is 0.401. The molecule has 2 aliphatic carbocycles. The van der Waals surface area contributed by atoms with Crippen LogP contribution in [0.15, 0.2) is 0 Å². The van der Waals surface area contributed by atoms with Crippen molar-refractivity contribution in [1.82, 2.24) is 10.3 Å². The van der Waals surface area contributed by atoms with Crippen LogP contribution < -0.4 is 10.2 Å². The van der Waals surface area contributed by atoms with E-state index in [9.17, 15) is 0 Å². The van der Waals surface area contributed by atoms with Gasteiger partial charge in [0.25, 0.3) is 0 Å². The van der Waals surface area contributed by atoms with Gasteiger partial charge in [0.15, 0.2) is 5.13 Å². The first-order valence-electron chi connectivity index (χ1n) is 7.91. The molecule has 0 spiro atoms. The molecule has 0 radical (unpaired) electrons. The molecule has 0 unspecified atom stereocenters. The van der Waals surface area contributed by atoms with E-state index < -0.39 is 0 Å². The first kappa shape index (κ1) is 14.3. The molecule has 0 bridgehead atoms. The number of nitrogens with one attached hydrogen (secondary N) is 1. The molecule has 3 nitrogen and oxygen atoms in total. The van der Waals surface area contributed by atoms with Gasteiger partial charge in [-0.1, -0.05) is 0 Å². The number of hydrogen-bond donors (Lipinski definition) is 1. The van der Waals surface area contributed by atoms with E-state index in [0.717, 1.165) is 18.5 Å². The van der Waals surface area contributed by atoms with Crippen molar-refractivity contribution in [1.29, 1.82) is 0 Å². The molecular formula is C16H27N3S. The summed E-state index contributed by atoms with van der Waals surface area (Å²) in [6.07, 6.45) is 6.72. The fourth-order valence-corrected chi connectivity index (χ4v) is 3.70. The molecule has 2 saturated carbocycles. The molecule has 0 saturated heterocycles. The Bertz CT molecular complexity index is 467. The van der Waals surface area contributed by atoms with Crippen molar-refractivity contribution in [2.75, 3.05) is 11.9 Å². The summed E-state index contributed by atoms with van der Waals surface area (Å²) >= 11 is 1.91. The normalized spacial score (nSPS) is 20.0. The molecule has 0 atom stereocenters. The minimum atomic E-state index is 0.171. The Kier molecular flexibility index (Phi) is 3.80. The predicted molar refractivity (Wildman–Crippen MR) is 86.7 cm³/mol. The smallest absolute Gasteiger partial charge is 0.185 e. The third kappa shape index (κ3) is 3.17. The Morgan fingerprint density at radius 2 is 1.95 bits per heavy atom. The predicted octanol–water partition coefficient (Wildman–Crippen LogP) is 3.90. The highest BCUT2D eigenvalue weighted by Crippen LogP contribution is 2.44. The second kappa shape index (κ2) is 5.30. The summed E-state index contributed by atoms with van der Waals surface area (Å²) in [7, 11) is 2.22. The van der Waals surface area contributed by atoms with Crippen molar-refractivity contribution >= 4 is 16.5 Å². The van der Waals surface area contributed by atoms with Gasteiger partial charge in [0, 0.05) is 36.0 Å². The zero-order valence-corrected chi connectivity index (χ0v) is 14.0. The van der Waals surface area contributed by atoms with E-state index in [1.807, 2.05) is 11.3 Å². The van der Waals surface area contributed by atoms with Gasteiger partial charge in [0.2, 0.25) is 0 Å². The lowest BCUT2D eigenvalue weighted by atomic mass is 9.92. The molecule has 1 aromatic heterocycles. The van der Waals surface area contributed by atoms with Crippen LogP contribution in [0, 0.1) is 0 Å². The van der Waals surface area contributed by atoms with Gasteiger partial charge < -0.3 is 10.2 Å². The van der Waals surface area contributed by atoms with Crippen molar-refractivity contribution in [3.05, 3.63) is 10.6 Å². The van der Waals surface area contributed by atoms with Crippen LogP contribution in [0.5, 0.6) is 0 Å². The number of hydrogen-bond acceptors (Lipinski definition) is 4. The molecule has 2 aliphatic rings. The Balaban J connectivity index is 1.75. The molecule has 1 heterocycles. The van der Waals surface area contributed by atoms with Gasteiger partial charge in [-0.2, -0.15) is 0 Å². The third-order valence-corrected chi connectivity index (χ3v) is 5.55. The van der Waals surface area contributed by atoms with Crippen molar-refractivity contribution in [2.24, 2.45) is 0 Å². The van der Waals surface area contributed by atoms with Gasteiger partial charge in [-0.15, -0.1) is 11.3 Å². The van der Waals surface area contributed by atoms with E-state index in [0.29, 0.717) is 0 Å². The van der Waals surface area contributed by atoms with Crippen LogP contribution in [0.1, 0.15) is 69.4 Å². The molecule has 3 rings (SSSR count). The molecule has 20 heavy (non-hydrogen) atoms. The summed E-state index contributed by atoms with van der Waals surface area (Å²) in [6.45, 7) is 7.65. The van der Waals surface area contributed by atoms with Crippen LogP contribution >= 0.6 is 11.3 Å². The first-order chi connectivity index (χ1) is 9.44. The Hall–Kier alpha value is -0.610. The van der Waals surface area contributed by atoms with Crippen molar-refractivity contribution in [3.63, 3.8) is 0 Å². The second-order valence-electron chi connectivity index (χ2n) is 7.38. The van der Waals surface area contributed by atoms with Crippen molar-refractivity contribution in [3.8, 4) is 0 Å². The van der Waals surface area contributed by atoms with Gasteiger partial charge in [0.1, 0.15) is 0 Å². The molecule has 112 valence electrons. The zero-order valence-electron chi connectivity index (χ0n) is 13.2. The van der Waals surface area contributed by atoms with Crippen LogP contribution in [-0.4, -0.2) is 23.6 Å². The minimum Gasteiger partial charge on any atom is -0.348 e. The lowest BCUT2D eigenvalue weighted by Crippen LogP contribution is -2.37. The van der Waals surface area contributed by atoms with E-state index in [-0.39, 0.29) is 5.54 Å². The molecule has 0 aliphatic heterocycles. The average Bonchev–Trinajstić information content (AvgIpc) is 3.03. The fourth-order valence-electron chi connectivity index (χ4n) is 2.58. The van der Waals surface area contributed by atoms with Crippen molar-refractivity contribution < 1.29 is 0 Å². The summed E-state index contributed by atoms with van der Waals surface area (Å²) in [4.78, 5) is 8.86. The highest BCUT2D eigenvalue weighted by atomic mass is 32.1. The molecular weight excluding hydrogens is 266 g/mol. The zero-order chi connectivity index (χ0) is 14.3. The number of rotatable bonds is 5.